The number of hydrogen-bond acceptors (Lipinski definition) is 4. The van der Waals surface area contributed by atoms with E-state index in [0.717, 1.165) is 0 Å². The fourth-order valence-corrected chi connectivity index (χ4v) is 1.90. The molecule has 0 aliphatic carbocycles. The Balaban J connectivity index is 2.30. The van der Waals surface area contributed by atoms with Crippen LogP contribution in [0.1, 0.15) is 0 Å². The van der Waals surface area contributed by atoms with E-state index in [-0.39, 0.29) is 30.7 Å². The summed E-state index contributed by atoms with van der Waals surface area (Å²) in [5.74, 6) is -2.30. The number of quaternary nitrogens is 1. The van der Waals surface area contributed by atoms with Gasteiger partial charge in [-0.25, -0.2) is 9.98 Å². The summed E-state index contributed by atoms with van der Waals surface area (Å²) in [4.78, 5) is 28.7. The van der Waals surface area contributed by atoms with E-state index in [9.17, 15) is 19.8 Å². The number of aliphatic imine (C=N–C) groups is 2. The summed E-state index contributed by atoms with van der Waals surface area (Å²) in [6.07, 6.45) is 0. The van der Waals surface area contributed by atoms with Crippen molar-refractivity contribution >= 4 is 23.6 Å². The molecule has 2 heterocycles. The number of hydrogen-bond donors (Lipinski definition) is 0. The summed E-state index contributed by atoms with van der Waals surface area (Å²) < 4.78 is -0.137. The zero-order chi connectivity index (χ0) is 11.1. The number of rotatable bonds is 0. The Kier molecular flexibility index (Phi) is 2.04. The van der Waals surface area contributed by atoms with Crippen LogP contribution in [0.2, 0.25) is 0 Å². The van der Waals surface area contributed by atoms with Gasteiger partial charge in [0.25, 0.3) is 11.8 Å². The molecular formula is C8H8N3O4-. The quantitative estimate of drug-likeness (QED) is 0.385. The van der Waals surface area contributed by atoms with Gasteiger partial charge in [-0.2, -0.15) is 0 Å². The van der Waals surface area contributed by atoms with Crippen molar-refractivity contribution < 1.29 is 24.3 Å². The van der Waals surface area contributed by atoms with Crippen molar-refractivity contribution in [3.05, 3.63) is 0 Å². The first kappa shape index (κ1) is 9.78. The number of carbonyl (C=O) groups is 2. The predicted octanol–water partition coefficient (Wildman–Crippen LogP) is -3.60. The zero-order valence-corrected chi connectivity index (χ0v) is 7.80. The van der Waals surface area contributed by atoms with Gasteiger partial charge in [0.1, 0.15) is 13.1 Å². The average molecular weight is 210 g/mol. The zero-order valence-electron chi connectivity index (χ0n) is 7.80. The van der Waals surface area contributed by atoms with Crippen LogP contribution in [0.3, 0.4) is 0 Å². The molecule has 0 unspecified atom stereocenters. The highest BCUT2D eigenvalue weighted by molar-refractivity contribution is 5.96. The first-order valence-electron chi connectivity index (χ1n) is 4.39. The van der Waals surface area contributed by atoms with Crippen LogP contribution in [0.15, 0.2) is 9.98 Å². The van der Waals surface area contributed by atoms with E-state index < -0.39 is 23.6 Å². The maximum atomic E-state index is 11.1. The normalized spacial score (nSPS) is 25.1. The number of amides is 2. The second-order valence-electron chi connectivity index (χ2n) is 3.77. The summed E-state index contributed by atoms with van der Waals surface area (Å²) in [7, 11) is 0. The predicted molar refractivity (Wildman–Crippen MR) is 44.6 cm³/mol. The third kappa shape index (κ3) is 1.86. The largest absolute Gasteiger partial charge is 0.858 e. The minimum Gasteiger partial charge on any atom is -0.858 e. The molecule has 0 saturated carbocycles. The van der Waals surface area contributed by atoms with E-state index in [1.807, 2.05) is 0 Å². The molecule has 0 fully saturated rings. The van der Waals surface area contributed by atoms with Crippen LogP contribution in [0.5, 0.6) is 0 Å². The van der Waals surface area contributed by atoms with Gasteiger partial charge < -0.3 is 10.2 Å². The fourth-order valence-electron chi connectivity index (χ4n) is 1.90. The van der Waals surface area contributed by atoms with Gasteiger partial charge in [-0.1, -0.05) is 0 Å². The summed E-state index contributed by atoms with van der Waals surface area (Å²) in [5, 5.41) is 22.2. The molecule has 15 heavy (non-hydrogen) atoms. The van der Waals surface area contributed by atoms with E-state index >= 15 is 0 Å². The van der Waals surface area contributed by atoms with Gasteiger partial charge in [0, 0.05) is 11.8 Å². The summed E-state index contributed by atoms with van der Waals surface area (Å²) >= 11 is 0. The molecule has 1 spiro atoms. The molecule has 2 aliphatic heterocycles. The minimum absolute atomic E-state index is 0.0707. The van der Waals surface area contributed by atoms with Crippen LogP contribution in [0.4, 0.5) is 0 Å². The van der Waals surface area contributed by atoms with E-state index in [1.165, 1.54) is 0 Å². The van der Waals surface area contributed by atoms with Crippen molar-refractivity contribution in [3.8, 4) is 0 Å². The van der Waals surface area contributed by atoms with Crippen LogP contribution >= 0.6 is 0 Å². The van der Waals surface area contributed by atoms with E-state index in [2.05, 4.69) is 9.98 Å². The molecule has 0 radical (unpaired) electrons. The lowest BCUT2D eigenvalue weighted by Crippen LogP contribution is -2.65. The Hall–Kier alpha value is -1.76. The lowest BCUT2D eigenvalue weighted by Gasteiger charge is -2.43. The smallest absolute Gasteiger partial charge is 0.300 e. The average Bonchev–Trinajstić information content (AvgIpc) is 1.96. The molecule has 0 atom stereocenters. The fraction of sp³-hybridized carbons (Fsp3) is 0.500. The Bertz CT molecular complexity index is 361. The maximum Gasteiger partial charge on any atom is 0.300 e. The molecule has 2 aliphatic rings. The highest BCUT2D eigenvalue weighted by Gasteiger charge is 2.37. The summed E-state index contributed by atoms with van der Waals surface area (Å²) in [6.45, 7) is -0.283. The van der Waals surface area contributed by atoms with Crippen molar-refractivity contribution in [3.63, 3.8) is 0 Å². The topological polar surface area (TPSA) is 105 Å². The molecule has 0 aromatic rings. The van der Waals surface area contributed by atoms with Gasteiger partial charge in [-0.15, -0.1) is 0 Å². The Morgan fingerprint density at radius 2 is 1.27 bits per heavy atom. The number of nitrogens with zero attached hydrogens (tertiary/aromatic N) is 3. The van der Waals surface area contributed by atoms with Gasteiger partial charge >= 0.3 is 0 Å². The molecule has 7 nitrogen and oxygen atoms in total. The second-order valence-corrected chi connectivity index (χ2v) is 3.77. The molecule has 0 saturated heterocycles. The SMILES string of the molecule is O=C1C[N+]2(CC(=O)N=C([O-])C2)CC([O-])=N1. The third-order valence-electron chi connectivity index (χ3n) is 2.38. The van der Waals surface area contributed by atoms with Crippen LogP contribution in [-0.4, -0.2) is 54.3 Å². The monoisotopic (exact) mass is 210 g/mol. The van der Waals surface area contributed by atoms with Gasteiger partial charge in [0.05, 0.1) is 0 Å². The number of carbonyl (C=O) groups excluding carboxylic acids is 2. The van der Waals surface area contributed by atoms with Gasteiger partial charge in [0.15, 0.2) is 13.1 Å². The Morgan fingerprint density at radius 3 is 1.60 bits per heavy atom. The van der Waals surface area contributed by atoms with Crippen molar-refractivity contribution in [2.24, 2.45) is 9.98 Å². The molecule has 0 N–H and O–H groups in total. The third-order valence-corrected chi connectivity index (χ3v) is 2.38. The molecule has 7 heteroatoms. The highest BCUT2D eigenvalue weighted by Crippen LogP contribution is 2.14. The Morgan fingerprint density at radius 1 is 0.867 bits per heavy atom. The van der Waals surface area contributed by atoms with E-state index in [0.29, 0.717) is 0 Å². The maximum absolute atomic E-state index is 11.1. The van der Waals surface area contributed by atoms with Crippen molar-refractivity contribution in [1.29, 1.82) is 0 Å². The minimum atomic E-state index is -0.575. The van der Waals surface area contributed by atoms with E-state index in [4.69, 9.17) is 0 Å². The highest BCUT2D eigenvalue weighted by atomic mass is 16.3. The first-order chi connectivity index (χ1) is 6.99. The van der Waals surface area contributed by atoms with E-state index in [1.54, 1.807) is 0 Å². The van der Waals surface area contributed by atoms with Crippen molar-refractivity contribution in [2.45, 2.75) is 0 Å². The molecule has 0 bridgehead atoms. The van der Waals surface area contributed by atoms with Crippen molar-refractivity contribution in [1.82, 2.24) is 0 Å². The standard InChI is InChI=1S/C8H9N3O4/c12-5-1-11(2-6(13)9-5)3-7(14)10-8(15)4-11/h1-4H2,(H-,9,10,12,13,14,15)/p-1. The lowest BCUT2D eigenvalue weighted by atomic mass is 10.2. The first-order valence-corrected chi connectivity index (χ1v) is 4.39. The lowest BCUT2D eigenvalue weighted by molar-refractivity contribution is -0.902. The molecule has 2 rings (SSSR count). The summed E-state index contributed by atoms with van der Waals surface area (Å²) in [6, 6.07) is 0. The van der Waals surface area contributed by atoms with Gasteiger partial charge in [-0.3, -0.25) is 14.1 Å². The van der Waals surface area contributed by atoms with Crippen LogP contribution in [0, 0.1) is 0 Å². The van der Waals surface area contributed by atoms with Crippen LogP contribution in [-0.2, 0) is 9.59 Å². The molecule has 0 aromatic heterocycles. The van der Waals surface area contributed by atoms with Crippen molar-refractivity contribution in [2.75, 3.05) is 26.2 Å². The second kappa shape index (κ2) is 3.13. The van der Waals surface area contributed by atoms with Crippen LogP contribution in [0.25, 0.3) is 0 Å². The molecule has 80 valence electrons. The van der Waals surface area contributed by atoms with Gasteiger partial charge in [-0.05, 0) is 0 Å². The van der Waals surface area contributed by atoms with Gasteiger partial charge in [0.2, 0.25) is 0 Å². The molecule has 2 amide bonds. The van der Waals surface area contributed by atoms with Crippen LogP contribution < -0.4 is 10.2 Å². The summed E-state index contributed by atoms with van der Waals surface area (Å²) in [5.41, 5.74) is 0. The Labute approximate surface area is 85.0 Å². The molecule has 0 aromatic carbocycles. The molecular weight excluding hydrogens is 202 g/mol.